The van der Waals surface area contributed by atoms with Crippen LogP contribution in [0.5, 0.6) is 11.5 Å². The zero-order valence-corrected chi connectivity index (χ0v) is 12.7. The lowest BCUT2D eigenvalue weighted by Gasteiger charge is -2.28. The van der Waals surface area contributed by atoms with Crippen molar-refractivity contribution in [2.75, 3.05) is 26.3 Å². The van der Waals surface area contributed by atoms with E-state index in [0.29, 0.717) is 31.6 Å². The minimum Gasteiger partial charge on any atom is -0.490 e. The Morgan fingerprint density at radius 1 is 1.29 bits per heavy atom. The summed E-state index contributed by atoms with van der Waals surface area (Å²) >= 11 is 0. The SMILES string of the molecule is CC(C)CN1C(N)=NCC1c1ccc2c(c1)OCCCO2. The van der Waals surface area contributed by atoms with Crippen molar-refractivity contribution in [1.82, 2.24) is 4.90 Å². The third-order valence-electron chi connectivity index (χ3n) is 3.81. The smallest absolute Gasteiger partial charge is 0.191 e. The van der Waals surface area contributed by atoms with Crippen molar-refractivity contribution in [2.24, 2.45) is 16.6 Å². The molecule has 0 bridgehead atoms. The first-order chi connectivity index (χ1) is 10.1. The first kappa shape index (κ1) is 14.0. The molecule has 0 amide bonds. The van der Waals surface area contributed by atoms with Crippen molar-refractivity contribution >= 4 is 5.96 Å². The monoisotopic (exact) mass is 289 g/mol. The normalized spacial score (nSPS) is 21.4. The summed E-state index contributed by atoms with van der Waals surface area (Å²) in [5.74, 6) is 2.85. The van der Waals surface area contributed by atoms with Gasteiger partial charge in [-0.05, 0) is 23.6 Å². The number of fused-ring (bicyclic) bond motifs is 1. The van der Waals surface area contributed by atoms with Gasteiger partial charge in [-0.2, -0.15) is 0 Å². The van der Waals surface area contributed by atoms with Gasteiger partial charge >= 0.3 is 0 Å². The van der Waals surface area contributed by atoms with E-state index < -0.39 is 0 Å². The van der Waals surface area contributed by atoms with Gasteiger partial charge in [0.05, 0.1) is 25.8 Å². The lowest BCUT2D eigenvalue weighted by Crippen LogP contribution is -2.38. The van der Waals surface area contributed by atoms with Crippen molar-refractivity contribution in [3.8, 4) is 11.5 Å². The highest BCUT2D eigenvalue weighted by Gasteiger charge is 2.28. The highest BCUT2D eigenvalue weighted by molar-refractivity contribution is 5.80. The van der Waals surface area contributed by atoms with Crippen LogP contribution in [0.2, 0.25) is 0 Å². The predicted molar refractivity (Wildman–Crippen MR) is 82.8 cm³/mol. The van der Waals surface area contributed by atoms with E-state index in [0.717, 1.165) is 24.5 Å². The molecule has 0 aromatic heterocycles. The third kappa shape index (κ3) is 2.91. The fourth-order valence-electron chi connectivity index (χ4n) is 2.82. The minimum atomic E-state index is 0.199. The van der Waals surface area contributed by atoms with Gasteiger partial charge in [0, 0.05) is 13.0 Å². The fourth-order valence-corrected chi connectivity index (χ4v) is 2.82. The maximum atomic E-state index is 6.04. The van der Waals surface area contributed by atoms with Crippen LogP contribution >= 0.6 is 0 Å². The summed E-state index contributed by atoms with van der Waals surface area (Å²) < 4.78 is 11.5. The van der Waals surface area contributed by atoms with Crippen LogP contribution in [0.15, 0.2) is 23.2 Å². The van der Waals surface area contributed by atoms with E-state index in [1.54, 1.807) is 0 Å². The number of nitrogens with two attached hydrogens (primary N) is 1. The summed E-state index contributed by atoms with van der Waals surface area (Å²) in [6.07, 6.45) is 0.920. The van der Waals surface area contributed by atoms with Crippen molar-refractivity contribution in [2.45, 2.75) is 26.3 Å². The second-order valence-corrected chi connectivity index (χ2v) is 6.02. The average molecular weight is 289 g/mol. The summed E-state index contributed by atoms with van der Waals surface area (Å²) in [5.41, 5.74) is 7.22. The summed E-state index contributed by atoms with van der Waals surface area (Å²) in [6, 6.07) is 6.37. The first-order valence-electron chi connectivity index (χ1n) is 7.61. The molecule has 0 aliphatic carbocycles. The molecule has 0 radical (unpaired) electrons. The Morgan fingerprint density at radius 3 is 2.81 bits per heavy atom. The number of hydrogen-bond donors (Lipinski definition) is 1. The first-order valence-corrected chi connectivity index (χ1v) is 7.61. The van der Waals surface area contributed by atoms with Gasteiger partial charge in [0.2, 0.25) is 0 Å². The van der Waals surface area contributed by atoms with E-state index in [2.05, 4.69) is 35.9 Å². The average Bonchev–Trinajstić information content (AvgIpc) is 2.68. The van der Waals surface area contributed by atoms with Crippen LogP contribution in [0.1, 0.15) is 31.9 Å². The molecule has 2 aliphatic heterocycles. The molecule has 5 heteroatoms. The number of benzene rings is 1. The molecule has 1 unspecified atom stereocenters. The van der Waals surface area contributed by atoms with E-state index in [1.165, 1.54) is 5.56 Å². The summed E-state index contributed by atoms with van der Waals surface area (Å²) in [4.78, 5) is 6.59. The van der Waals surface area contributed by atoms with E-state index in [-0.39, 0.29) is 6.04 Å². The summed E-state index contributed by atoms with van der Waals surface area (Å²) in [5, 5.41) is 0. The van der Waals surface area contributed by atoms with E-state index >= 15 is 0 Å². The lowest BCUT2D eigenvalue weighted by atomic mass is 10.0. The van der Waals surface area contributed by atoms with Crippen LogP contribution in [0.4, 0.5) is 0 Å². The zero-order valence-electron chi connectivity index (χ0n) is 12.7. The van der Waals surface area contributed by atoms with Crippen LogP contribution < -0.4 is 15.2 Å². The highest BCUT2D eigenvalue weighted by Crippen LogP contribution is 2.35. The van der Waals surface area contributed by atoms with Crippen LogP contribution in [-0.4, -0.2) is 37.2 Å². The van der Waals surface area contributed by atoms with Gasteiger partial charge in [-0.25, -0.2) is 0 Å². The molecule has 0 saturated heterocycles. The number of aliphatic imine (C=N–C) groups is 1. The number of rotatable bonds is 3. The van der Waals surface area contributed by atoms with Crippen molar-refractivity contribution in [3.05, 3.63) is 23.8 Å². The summed E-state index contributed by atoms with van der Waals surface area (Å²) in [7, 11) is 0. The Kier molecular flexibility index (Phi) is 3.90. The third-order valence-corrected chi connectivity index (χ3v) is 3.81. The predicted octanol–water partition coefficient (Wildman–Crippen LogP) is 2.18. The van der Waals surface area contributed by atoms with Gasteiger partial charge in [0.1, 0.15) is 0 Å². The molecule has 2 heterocycles. The Labute approximate surface area is 125 Å². The number of guanidine groups is 1. The molecule has 0 spiro atoms. The molecule has 5 nitrogen and oxygen atoms in total. The number of hydrogen-bond acceptors (Lipinski definition) is 5. The van der Waals surface area contributed by atoms with E-state index in [1.807, 2.05) is 6.07 Å². The second-order valence-electron chi connectivity index (χ2n) is 6.02. The van der Waals surface area contributed by atoms with Gasteiger partial charge in [0.15, 0.2) is 17.5 Å². The molecule has 1 aromatic carbocycles. The van der Waals surface area contributed by atoms with Gasteiger partial charge < -0.3 is 20.1 Å². The molecule has 2 N–H and O–H groups in total. The van der Waals surface area contributed by atoms with E-state index in [4.69, 9.17) is 15.2 Å². The van der Waals surface area contributed by atoms with E-state index in [9.17, 15) is 0 Å². The molecular formula is C16H23N3O2. The maximum absolute atomic E-state index is 6.04. The topological polar surface area (TPSA) is 60.1 Å². The van der Waals surface area contributed by atoms with Crippen molar-refractivity contribution < 1.29 is 9.47 Å². The highest BCUT2D eigenvalue weighted by atomic mass is 16.5. The molecule has 3 rings (SSSR count). The lowest BCUT2D eigenvalue weighted by molar-refractivity contribution is 0.296. The molecule has 0 saturated carbocycles. The standard InChI is InChI=1S/C16H23N3O2/c1-11(2)10-19-13(9-18-16(19)17)12-4-5-14-15(8-12)21-7-3-6-20-14/h4-5,8,11,13H,3,6-7,9-10H2,1-2H3,(H2,17,18). The largest absolute Gasteiger partial charge is 0.490 e. The number of ether oxygens (including phenoxy) is 2. The van der Waals surface area contributed by atoms with Crippen molar-refractivity contribution in [3.63, 3.8) is 0 Å². The second kappa shape index (κ2) is 5.84. The molecule has 0 fully saturated rings. The molecule has 114 valence electrons. The molecular weight excluding hydrogens is 266 g/mol. The van der Waals surface area contributed by atoms with Crippen LogP contribution in [0, 0.1) is 5.92 Å². The minimum absolute atomic E-state index is 0.199. The van der Waals surface area contributed by atoms with Gasteiger partial charge in [0.25, 0.3) is 0 Å². The van der Waals surface area contributed by atoms with Gasteiger partial charge in [-0.15, -0.1) is 0 Å². The van der Waals surface area contributed by atoms with Gasteiger partial charge in [-0.1, -0.05) is 19.9 Å². The van der Waals surface area contributed by atoms with Crippen LogP contribution in [0.25, 0.3) is 0 Å². The van der Waals surface area contributed by atoms with Crippen LogP contribution in [0.3, 0.4) is 0 Å². The quantitative estimate of drug-likeness (QED) is 0.926. The maximum Gasteiger partial charge on any atom is 0.191 e. The van der Waals surface area contributed by atoms with Crippen molar-refractivity contribution in [1.29, 1.82) is 0 Å². The number of nitrogens with zero attached hydrogens (tertiary/aromatic N) is 2. The molecule has 21 heavy (non-hydrogen) atoms. The Morgan fingerprint density at radius 2 is 2.05 bits per heavy atom. The van der Waals surface area contributed by atoms with Gasteiger partial charge in [-0.3, -0.25) is 4.99 Å². The molecule has 1 atom stereocenters. The fraction of sp³-hybridized carbons (Fsp3) is 0.562. The Bertz CT molecular complexity index is 542. The summed E-state index contributed by atoms with van der Waals surface area (Å²) in [6.45, 7) is 7.42. The van der Waals surface area contributed by atoms with Crippen LogP contribution in [-0.2, 0) is 0 Å². The molecule has 2 aliphatic rings. The Balaban J connectivity index is 1.84. The Hall–Kier alpha value is -1.91. The molecule has 1 aromatic rings. The zero-order chi connectivity index (χ0) is 14.8.